The van der Waals surface area contributed by atoms with Crippen LogP contribution >= 0.6 is 15.9 Å². The third-order valence-corrected chi connectivity index (χ3v) is 3.69. The van der Waals surface area contributed by atoms with E-state index in [0.29, 0.717) is 5.92 Å². The van der Waals surface area contributed by atoms with Gasteiger partial charge in [-0.3, -0.25) is 4.79 Å². The van der Waals surface area contributed by atoms with Crippen molar-refractivity contribution >= 4 is 33.2 Å². The van der Waals surface area contributed by atoms with Crippen LogP contribution in [0.25, 0.3) is 0 Å². The van der Waals surface area contributed by atoms with E-state index in [-0.39, 0.29) is 12.5 Å². The van der Waals surface area contributed by atoms with Crippen LogP contribution in [0, 0.1) is 0 Å². The first-order valence-electron chi connectivity index (χ1n) is 6.94. The number of nitrogens with one attached hydrogen (secondary N) is 2. The fourth-order valence-electron chi connectivity index (χ4n) is 1.91. The van der Waals surface area contributed by atoms with Gasteiger partial charge < -0.3 is 10.6 Å². The summed E-state index contributed by atoms with van der Waals surface area (Å²) in [5.74, 6) is 0.434. The predicted molar refractivity (Wildman–Crippen MR) is 91.8 cm³/mol. The molecule has 0 fully saturated rings. The molecule has 110 valence electrons. The first-order valence-corrected chi connectivity index (χ1v) is 7.73. The van der Waals surface area contributed by atoms with Crippen LogP contribution < -0.4 is 10.6 Å². The average Bonchev–Trinajstić information content (AvgIpc) is 2.47. The molecule has 0 bridgehead atoms. The average molecular weight is 347 g/mol. The maximum Gasteiger partial charge on any atom is 0.243 e. The van der Waals surface area contributed by atoms with E-state index in [0.717, 1.165) is 15.8 Å². The van der Waals surface area contributed by atoms with Gasteiger partial charge in [0.05, 0.1) is 6.54 Å². The van der Waals surface area contributed by atoms with Crippen molar-refractivity contribution in [3.63, 3.8) is 0 Å². The summed E-state index contributed by atoms with van der Waals surface area (Å²) in [7, 11) is 0. The largest absolute Gasteiger partial charge is 0.376 e. The first kappa shape index (κ1) is 15.6. The number of hydrogen-bond acceptors (Lipinski definition) is 2. The van der Waals surface area contributed by atoms with E-state index in [1.54, 1.807) is 0 Å². The molecule has 3 nitrogen and oxygen atoms in total. The number of benzene rings is 2. The lowest BCUT2D eigenvalue weighted by molar-refractivity contribution is -0.114. The Balaban J connectivity index is 1.85. The third kappa shape index (κ3) is 4.90. The summed E-state index contributed by atoms with van der Waals surface area (Å²) in [4.78, 5) is 11.9. The topological polar surface area (TPSA) is 41.1 Å². The van der Waals surface area contributed by atoms with Crippen LogP contribution in [0.3, 0.4) is 0 Å². The Morgan fingerprint density at radius 1 is 1.00 bits per heavy atom. The van der Waals surface area contributed by atoms with Crippen LogP contribution in [0.2, 0.25) is 0 Å². The summed E-state index contributed by atoms with van der Waals surface area (Å²) < 4.78 is 1.02. The molecular weight excluding hydrogens is 328 g/mol. The van der Waals surface area contributed by atoms with Gasteiger partial charge in [0.1, 0.15) is 0 Å². The van der Waals surface area contributed by atoms with E-state index >= 15 is 0 Å². The van der Waals surface area contributed by atoms with Crippen LogP contribution in [0.1, 0.15) is 25.3 Å². The highest BCUT2D eigenvalue weighted by molar-refractivity contribution is 9.10. The molecule has 21 heavy (non-hydrogen) atoms. The van der Waals surface area contributed by atoms with Crippen molar-refractivity contribution < 1.29 is 4.79 Å². The molecule has 2 aromatic rings. The second-order valence-corrected chi connectivity index (χ2v) is 6.10. The Morgan fingerprint density at radius 3 is 2.14 bits per heavy atom. The number of carbonyl (C=O) groups excluding carboxylic acids is 1. The molecule has 0 saturated carbocycles. The standard InChI is InChI=1S/C17H19BrN2O/c1-12(2)13-3-7-16(8-4-13)20-17(21)11-19-15-9-5-14(18)6-10-15/h3-10,12,19H,11H2,1-2H3,(H,20,21). The molecule has 0 radical (unpaired) electrons. The quantitative estimate of drug-likeness (QED) is 0.828. The van der Waals surface area contributed by atoms with Crippen LogP contribution in [0.4, 0.5) is 11.4 Å². The number of hydrogen-bond donors (Lipinski definition) is 2. The molecule has 1 amide bonds. The molecule has 0 aliphatic carbocycles. The van der Waals surface area contributed by atoms with Gasteiger partial charge in [0.25, 0.3) is 0 Å². The lowest BCUT2D eigenvalue weighted by Gasteiger charge is -2.09. The Hall–Kier alpha value is -1.81. The molecule has 2 aromatic carbocycles. The smallest absolute Gasteiger partial charge is 0.243 e. The van der Waals surface area contributed by atoms with Crippen LogP contribution in [0.15, 0.2) is 53.0 Å². The molecule has 0 aliphatic heterocycles. The van der Waals surface area contributed by atoms with E-state index in [9.17, 15) is 4.79 Å². The van der Waals surface area contributed by atoms with Crippen LogP contribution in [-0.4, -0.2) is 12.5 Å². The monoisotopic (exact) mass is 346 g/mol. The minimum absolute atomic E-state index is 0.0600. The highest BCUT2D eigenvalue weighted by atomic mass is 79.9. The fraction of sp³-hybridized carbons (Fsp3) is 0.235. The lowest BCUT2D eigenvalue weighted by Crippen LogP contribution is -2.21. The molecule has 0 saturated heterocycles. The first-order chi connectivity index (χ1) is 10.0. The molecule has 0 aliphatic rings. The van der Waals surface area contributed by atoms with E-state index < -0.39 is 0 Å². The molecule has 0 atom stereocenters. The van der Waals surface area contributed by atoms with Gasteiger partial charge in [0.2, 0.25) is 5.91 Å². The summed E-state index contributed by atoms with van der Waals surface area (Å²) in [6.07, 6.45) is 0. The van der Waals surface area contributed by atoms with E-state index in [4.69, 9.17) is 0 Å². The second kappa shape index (κ2) is 7.27. The Labute approximate surface area is 133 Å². The molecule has 0 aromatic heterocycles. The van der Waals surface area contributed by atoms with E-state index in [1.165, 1.54) is 5.56 Å². The zero-order valence-corrected chi connectivity index (χ0v) is 13.8. The Kier molecular flexibility index (Phi) is 5.39. The number of rotatable bonds is 5. The molecule has 2 rings (SSSR count). The summed E-state index contributed by atoms with van der Waals surface area (Å²) in [6, 6.07) is 15.7. The SMILES string of the molecule is CC(C)c1ccc(NC(=O)CNc2ccc(Br)cc2)cc1. The number of anilines is 2. The van der Waals surface area contributed by atoms with Crippen molar-refractivity contribution in [2.45, 2.75) is 19.8 Å². The fourth-order valence-corrected chi connectivity index (χ4v) is 2.17. The predicted octanol–water partition coefficient (Wildman–Crippen LogP) is 4.62. The van der Waals surface area contributed by atoms with Crippen LogP contribution in [-0.2, 0) is 4.79 Å². The molecule has 0 spiro atoms. The summed E-state index contributed by atoms with van der Waals surface area (Å²) in [5.41, 5.74) is 3.01. The van der Waals surface area contributed by atoms with Gasteiger partial charge in [-0.05, 0) is 47.9 Å². The summed E-state index contributed by atoms with van der Waals surface area (Å²) in [5, 5.41) is 5.97. The highest BCUT2D eigenvalue weighted by Gasteiger charge is 2.03. The Bertz CT molecular complexity index is 591. The van der Waals surface area contributed by atoms with Crippen molar-refractivity contribution in [3.05, 3.63) is 58.6 Å². The normalized spacial score (nSPS) is 10.5. The highest BCUT2D eigenvalue weighted by Crippen LogP contribution is 2.17. The number of amides is 1. The van der Waals surface area contributed by atoms with Gasteiger partial charge in [-0.15, -0.1) is 0 Å². The van der Waals surface area contributed by atoms with Crippen molar-refractivity contribution in [3.8, 4) is 0 Å². The molecule has 4 heteroatoms. The van der Waals surface area contributed by atoms with Gasteiger partial charge in [0, 0.05) is 15.8 Å². The molecule has 2 N–H and O–H groups in total. The van der Waals surface area contributed by atoms with E-state index in [2.05, 4.69) is 40.4 Å². The zero-order valence-electron chi connectivity index (χ0n) is 12.2. The van der Waals surface area contributed by atoms with Crippen LogP contribution in [0.5, 0.6) is 0 Å². The molecule has 0 unspecified atom stereocenters. The zero-order chi connectivity index (χ0) is 15.2. The second-order valence-electron chi connectivity index (χ2n) is 5.19. The number of halogens is 1. The van der Waals surface area contributed by atoms with Gasteiger partial charge >= 0.3 is 0 Å². The van der Waals surface area contributed by atoms with Gasteiger partial charge in [-0.25, -0.2) is 0 Å². The molecular formula is C17H19BrN2O. The van der Waals surface area contributed by atoms with E-state index in [1.807, 2.05) is 48.5 Å². The van der Waals surface area contributed by atoms with Gasteiger partial charge in [-0.1, -0.05) is 41.9 Å². The third-order valence-electron chi connectivity index (χ3n) is 3.16. The van der Waals surface area contributed by atoms with Gasteiger partial charge in [0.15, 0.2) is 0 Å². The van der Waals surface area contributed by atoms with Crippen molar-refractivity contribution in [1.82, 2.24) is 0 Å². The van der Waals surface area contributed by atoms with Crippen molar-refractivity contribution in [2.24, 2.45) is 0 Å². The van der Waals surface area contributed by atoms with Gasteiger partial charge in [-0.2, -0.15) is 0 Å². The van der Waals surface area contributed by atoms with Crippen molar-refractivity contribution in [1.29, 1.82) is 0 Å². The van der Waals surface area contributed by atoms with Crippen molar-refractivity contribution in [2.75, 3.05) is 17.2 Å². The lowest BCUT2D eigenvalue weighted by atomic mass is 10.0. The number of carbonyl (C=O) groups is 1. The minimum Gasteiger partial charge on any atom is -0.376 e. The summed E-state index contributed by atoms with van der Waals surface area (Å²) in [6.45, 7) is 4.54. The maximum atomic E-state index is 11.9. The molecule has 0 heterocycles. The maximum absolute atomic E-state index is 11.9. The Morgan fingerprint density at radius 2 is 1.57 bits per heavy atom. The summed E-state index contributed by atoms with van der Waals surface area (Å²) >= 11 is 3.38. The minimum atomic E-state index is -0.0600.